The van der Waals surface area contributed by atoms with Crippen LogP contribution in [0.2, 0.25) is 0 Å². The summed E-state index contributed by atoms with van der Waals surface area (Å²) in [5, 5.41) is 9.06. The normalized spacial score (nSPS) is 23.7. The van der Waals surface area contributed by atoms with Crippen LogP contribution in [-0.2, 0) is 9.53 Å². The Hall–Kier alpha value is -2.18. The average molecular weight is 477 g/mol. The minimum atomic E-state index is -1.04. The lowest BCUT2D eigenvalue weighted by atomic mass is 9.75. The zero-order chi connectivity index (χ0) is 21.8. The first-order chi connectivity index (χ1) is 14.3. The number of carboxylic acid groups (broad SMARTS) is 1. The van der Waals surface area contributed by atoms with Crippen LogP contribution in [0.25, 0.3) is 0 Å². The molecule has 1 N–H and O–H groups in total. The van der Waals surface area contributed by atoms with E-state index in [4.69, 9.17) is 14.6 Å². The molecule has 4 nitrogen and oxygen atoms in total. The van der Waals surface area contributed by atoms with Gasteiger partial charge in [-0.3, -0.25) is 0 Å². The first-order valence-corrected chi connectivity index (χ1v) is 10.8. The Balaban J connectivity index is 1.98. The van der Waals surface area contributed by atoms with Crippen molar-refractivity contribution in [2.75, 3.05) is 6.61 Å². The van der Waals surface area contributed by atoms with Crippen molar-refractivity contribution in [1.82, 2.24) is 0 Å². The predicted molar refractivity (Wildman–Crippen MR) is 117 cm³/mol. The SMILES string of the molecule is C=C(C)[C@H]1C[C@H](c2ccc(F)cc2)[C@H](CC)O[C@@H]1c1cccc(Br)c1OCC(=O)O. The van der Waals surface area contributed by atoms with E-state index < -0.39 is 12.6 Å². The largest absolute Gasteiger partial charge is 0.480 e. The number of hydrogen-bond acceptors (Lipinski definition) is 3. The quantitative estimate of drug-likeness (QED) is 0.478. The van der Waals surface area contributed by atoms with Gasteiger partial charge in [0.05, 0.1) is 16.7 Å². The standard InChI is InChI=1S/C24H26BrFO4/c1-4-21-19(15-8-10-16(26)11-9-15)12-18(14(2)3)23(30-21)17-6-5-7-20(25)24(17)29-13-22(27)28/h5-11,18-19,21,23H,2,4,12-13H2,1,3H3,(H,27,28)/t18-,19-,21+,23-/m1/s1. The number of carbonyl (C=O) groups is 1. The molecule has 0 spiro atoms. The second-order valence-electron chi connectivity index (χ2n) is 7.69. The summed E-state index contributed by atoms with van der Waals surface area (Å²) < 4.78 is 26.3. The Morgan fingerprint density at radius 3 is 2.60 bits per heavy atom. The molecule has 0 saturated carbocycles. The molecular formula is C24H26BrFO4. The number of para-hydroxylation sites is 1. The van der Waals surface area contributed by atoms with Crippen LogP contribution in [0, 0.1) is 11.7 Å². The van der Waals surface area contributed by atoms with E-state index in [9.17, 15) is 9.18 Å². The Labute approximate surface area is 184 Å². The van der Waals surface area contributed by atoms with E-state index in [0.717, 1.165) is 29.5 Å². The van der Waals surface area contributed by atoms with Gasteiger partial charge in [-0.05, 0) is 59.5 Å². The Bertz CT molecular complexity index is 912. The molecule has 1 saturated heterocycles. The highest BCUT2D eigenvalue weighted by molar-refractivity contribution is 9.10. The van der Waals surface area contributed by atoms with Crippen molar-refractivity contribution in [3.8, 4) is 5.75 Å². The van der Waals surface area contributed by atoms with Gasteiger partial charge in [-0.2, -0.15) is 0 Å². The third-order valence-corrected chi connectivity index (χ3v) is 6.25. The molecule has 0 amide bonds. The molecule has 2 aromatic carbocycles. The first-order valence-electron chi connectivity index (χ1n) is 10.0. The van der Waals surface area contributed by atoms with Crippen LogP contribution >= 0.6 is 15.9 Å². The molecule has 0 aliphatic carbocycles. The van der Waals surface area contributed by atoms with Crippen molar-refractivity contribution < 1.29 is 23.8 Å². The maximum absolute atomic E-state index is 13.4. The summed E-state index contributed by atoms with van der Waals surface area (Å²) in [7, 11) is 0. The molecule has 0 radical (unpaired) electrons. The third-order valence-electron chi connectivity index (χ3n) is 5.62. The van der Waals surface area contributed by atoms with Gasteiger partial charge in [0.15, 0.2) is 6.61 Å². The molecule has 0 aromatic heterocycles. The summed E-state index contributed by atoms with van der Waals surface area (Å²) in [5.74, 6) is -0.701. The fourth-order valence-corrected chi connectivity index (χ4v) is 4.65. The number of carboxylic acids is 1. The maximum Gasteiger partial charge on any atom is 0.341 e. The highest BCUT2D eigenvalue weighted by Crippen LogP contribution is 2.49. The Kier molecular flexibility index (Phi) is 7.32. The van der Waals surface area contributed by atoms with Gasteiger partial charge in [0, 0.05) is 17.4 Å². The van der Waals surface area contributed by atoms with Crippen molar-refractivity contribution in [2.24, 2.45) is 5.92 Å². The molecule has 3 rings (SSSR count). The summed E-state index contributed by atoms with van der Waals surface area (Å²) >= 11 is 3.48. The summed E-state index contributed by atoms with van der Waals surface area (Å²) in [6.45, 7) is 7.80. The third kappa shape index (κ3) is 4.93. The van der Waals surface area contributed by atoms with Gasteiger partial charge in [-0.1, -0.05) is 43.3 Å². The fourth-order valence-electron chi connectivity index (χ4n) is 4.15. The summed E-state index contributed by atoms with van der Waals surface area (Å²) in [6, 6.07) is 12.2. The van der Waals surface area contributed by atoms with Gasteiger partial charge in [-0.25, -0.2) is 9.18 Å². The molecule has 160 valence electrons. The van der Waals surface area contributed by atoms with E-state index in [1.807, 2.05) is 37.3 Å². The van der Waals surface area contributed by atoms with E-state index in [2.05, 4.69) is 29.4 Å². The van der Waals surface area contributed by atoms with Gasteiger partial charge < -0.3 is 14.6 Å². The molecule has 4 atom stereocenters. The lowest BCUT2D eigenvalue weighted by molar-refractivity contribution is -0.139. The van der Waals surface area contributed by atoms with Crippen LogP contribution in [0.1, 0.15) is 49.8 Å². The summed E-state index contributed by atoms with van der Waals surface area (Å²) in [6.07, 6.45) is 1.21. The molecule has 0 unspecified atom stereocenters. The van der Waals surface area contributed by atoms with Crippen LogP contribution in [0.3, 0.4) is 0 Å². The molecule has 6 heteroatoms. The van der Waals surface area contributed by atoms with Crippen molar-refractivity contribution in [3.05, 3.63) is 76.0 Å². The zero-order valence-corrected chi connectivity index (χ0v) is 18.7. The number of hydrogen-bond donors (Lipinski definition) is 1. The zero-order valence-electron chi connectivity index (χ0n) is 17.1. The van der Waals surface area contributed by atoms with Gasteiger partial charge in [0.1, 0.15) is 11.6 Å². The molecular weight excluding hydrogens is 451 g/mol. The highest BCUT2D eigenvalue weighted by atomic mass is 79.9. The summed E-state index contributed by atoms with van der Waals surface area (Å²) in [5.41, 5.74) is 2.82. The second-order valence-corrected chi connectivity index (χ2v) is 8.54. The lowest BCUT2D eigenvalue weighted by Gasteiger charge is -2.43. The Morgan fingerprint density at radius 2 is 2.00 bits per heavy atom. The van der Waals surface area contributed by atoms with Crippen LogP contribution in [0.15, 0.2) is 59.1 Å². The topological polar surface area (TPSA) is 55.8 Å². The first kappa shape index (κ1) is 22.5. The second kappa shape index (κ2) is 9.75. The number of aliphatic carboxylic acids is 1. The number of ether oxygens (including phenoxy) is 2. The van der Waals surface area contributed by atoms with Crippen molar-refractivity contribution in [2.45, 2.75) is 44.8 Å². The maximum atomic E-state index is 13.4. The molecule has 1 aliphatic heterocycles. The van der Waals surface area contributed by atoms with Crippen LogP contribution in [0.5, 0.6) is 5.75 Å². The highest BCUT2D eigenvalue weighted by Gasteiger charge is 2.40. The van der Waals surface area contributed by atoms with E-state index in [-0.39, 0.29) is 29.9 Å². The minimum absolute atomic E-state index is 0.00401. The Morgan fingerprint density at radius 1 is 1.30 bits per heavy atom. The van der Waals surface area contributed by atoms with Crippen molar-refractivity contribution >= 4 is 21.9 Å². The van der Waals surface area contributed by atoms with Crippen LogP contribution in [-0.4, -0.2) is 23.8 Å². The molecule has 0 bridgehead atoms. The molecule has 2 aromatic rings. The fraction of sp³-hybridized carbons (Fsp3) is 0.375. The van der Waals surface area contributed by atoms with Gasteiger partial charge in [0.25, 0.3) is 0 Å². The minimum Gasteiger partial charge on any atom is -0.480 e. The molecule has 1 fully saturated rings. The van der Waals surface area contributed by atoms with Crippen LogP contribution < -0.4 is 4.74 Å². The van der Waals surface area contributed by atoms with Crippen LogP contribution in [0.4, 0.5) is 4.39 Å². The van der Waals surface area contributed by atoms with Gasteiger partial charge in [-0.15, -0.1) is 0 Å². The number of halogens is 2. The smallest absolute Gasteiger partial charge is 0.341 e. The van der Waals surface area contributed by atoms with Crippen molar-refractivity contribution in [1.29, 1.82) is 0 Å². The summed E-state index contributed by atoms with van der Waals surface area (Å²) in [4.78, 5) is 11.1. The molecule has 1 heterocycles. The molecule has 30 heavy (non-hydrogen) atoms. The van der Waals surface area contributed by atoms with E-state index in [1.54, 1.807) is 0 Å². The number of benzene rings is 2. The lowest BCUT2D eigenvalue weighted by Crippen LogP contribution is -2.36. The monoisotopic (exact) mass is 476 g/mol. The van der Waals surface area contributed by atoms with Gasteiger partial charge >= 0.3 is 5.97 Å². The number of rotatable bonds is 7. The van der Waals surface area contributed by atoms with Gasteiger partial charge in [0.2, 0.25) is 0 Å². The van der Waals surface area contributed by atoms with E-state index in [0.29, 0.717) is 10.2 Å². The predicted octanol–water partition coefficient (Wildman–Crippen LogP) is 6.27. The average Bonchev–Trinajstić information content (AvgIpc) is 2.72. The van der Waals surface area contributed by atoms with E-state index in [1.165, 1.54) is 12.1 Å². The van der Waals surface area contributed by atoms with E-state index >= 15 is 0 Å². The molecule has 1 aliphatic rings. The van der Waals surface area contributed by atoms with Crippen molar-refractivity contribution in [3.63, 3.8) is 0 Å².